The fraction of sp³-hybridized carbons (Fsp3) is 0.364. The average molecular weight is 256 g/mol. The number of nitrogens with zero attached hydrogens (tertiary/aromatic N) is 1. The highest BCUT2D eigenvalue weighted by Gasteiger charge is 2.36. The quantitative estimate of drug-likeness (QED) is 0.768. The zero-order chi connectivity index (χ0) is 12.0. The molecule has 1 atom stereocenters. The van der Waals surface area contributed by atoms with Gasteiger partial charge in [-0.2, -0.15) is 11.8 Å². The molecule has 6 heteroatoms. The highest BCUT2D eigenvalue weighted by molar-refractivity contribution is 7.99. The minimum Gasteiger partial charge on any atom is -0.356 e. The van der Waals surface area contributed by atoms with Crippen molar-refractivity contribution in [1.82, 2.24) is 0 Å². The van der Waals surface area contributed by atoms with Crippen LogP contribution >= 0.6 is 11.8 Å². The molecule has 17 heavy (non-hydrogen) atoms. The molecule has 1 amide bonds. The number of halogens is 2. The van der Waals surface area contributed by atoms with Gasteiger partial charge in [-0.15, -0.1) is 0 Å². The van der Waals surface area contributed by atoms with Crippen LogP contribution in [0.4, 0.5) is 20.2 Å². The van der Waals surface area contributed by atoms with Gasteiger partial charge < -0.3 is 10.2 Å². The van der Waals surface area contributed by atoms with Gasteiger partial charge in [-0.3, -0.25) is 4.79 Å². The van der Waals surface area contributed by atoms with E-state index in [9.17, 15) is 13.6 Å². The molecule has 2 aliphatic rings. The smallest absolute Gasteiger partial charge is 0.248 e. The lowest BCUT2D eigenvalue weighted by Gasteiger charge is -2.40. The lowest BCUT2D eigenvalue weighted by atomic mass is 10.1. The average Bonchev–Trinajstić information content (AvgIpc) is 2.31. The molecule has 3 nitrogen and oxygen atoms in total. The van der Waals surface area contributed by atoms with E-state index in [0.29, 0.717) is 18.0 Å². The molecule has 1 aromatic carbocycles. The molecule has 0 radical (unpaired) electrons. The van der Waals surface area contributed by atoms with Crippen LogP contribution in [0.3, 0.4) is 0 Å². The molecule has 1 fully saturated rings. The Kier molecular flexibility index (Phi) is 2.47. The van der Waals surface area contributed by atoms with Crippen LogP contribution in [0.5, 0.6) is 0 Å². The summed E-state index contributed by atoms with van der Waals surface area (Å²) in [4.78, 5) is 13.6. The van der Waals surface area contributed by atoms with E-state index in [1.807, 2.05) is 0 Å². The second kappa shape index (κ2) is 3.87. The van der Waals surface area contributed by atoms with E-state index in [0.717, 1.165) is 11.8 Å². The molecule has 1 aromatic rings. The summed E-state index contributed by atoms with van der Waals surface area (Å²) in [6.45, 7) is 0.638. The van der Waals surface area contributed by atoms with E-state index in [1.54, 1.807) is 16.7 Å². The van der Waals surface area contributed by atoms with Gasteiger partial charge in [0.25, 0.3) is 0 Å². The molecule has 2 aliphatic heterocycles. The molecule has 0 saturated carbocycles. The van der Waals surface area contributed by atoms with Crippen molar-refractivity contribution in [3.63, 3.8) is 0 Å². The normalized spacial score (nSPS) is 22.8. The molecule has 0 bridgehead atoms. The zero-order valence-electron chi connectivity index (χ0n) is 8.87. The number of hydrogen-bond acceptors (Lipinski definition) is 3. The molecule has 0 aromatic heterocycles. The summed E-state index contributed by atoms with van der Waals surface area (Å²) in [6, 6.07) is 1.75. The van der Waals surface area contributed by atoms with Crippen LogP contribution in [0.25, 0.3) is 0 Å². The predicted molar refractivity (Wildman–Crippen MR) is 63.4 cm³/mol. The van der Waals surface area contributed by atoms with Gasteiger partial charge >= 0.3 is 0 Å². The zero-order valence-corrected chi connectivity index (χ0v) is 9.69. The Morgan fingerprint density at radius 1 is 1.41 bits per heavy atom. The Hall–Kier alpha value is -1.30. The van der Waals surface area contributed by atoms with Crippen molar-refractivity contribution < 1.29 is 13.6 Å². The van der Waals surface area contributed by atoms with E-state index in [-0.39, 0.29) is 17.6 Å². The highest BCUT2D eigenvalue weighted by atomic mass is 32.2. The summed E-state index contributed by atoms with van der Waals surface area (Å²) in [6.07, 6.45) is 0. The SMILES string of the molecule is O=C1Nc2c(F)cc(F)cc2N2CCSCC12. The molecule has 3 rings (SSSR count). The maximum atomic E-state index is 13.6. The molecule has 0 aliphatic carbocycles. The number of carbonyl (C=O) groups is 1. The largest absolute Gasteiger partial charge is 0.356 e. The number of hydrogen-bond donors (Lipinski definition) is 1. The van der Waals surface area contributed by atoms with Crippen LogP contribution in [-0.2, 0) is 4.79 Å². The minimum absolute atomic E-state index is 0.0968. The Morgan fingerprint density at radius 2 is 2.24 bits per heavy atom. The lowest BCUT2D eigenvalue weighted by molar-refractivity contribution is -0.117. The molecule has 2 heterocycles. The fourth-order valence-corrected chi connectivity index (χ4v) is 3.27. The summed E-state index contributed by atoms with van der Waals surface area (Å²) >= 11 is 1.68. The third-order valence-electron chi connectivity index (χ3n) is 3.02. The van der Waals surface area contributed by atoms with Crippen molar-refractivity contribution in [2.45, 2.75) is 6.04 Å². The molecule has 0 spiro atoms. The first-order valence-corrected chi connectivity index (χ1v) is 6.46. The van der Waals surface area contributed by atoms with E-state index < -0.39 is 11.6 Å². The lowest BCUT2D eigenvalue weighted by Crippen LogP contribution is -2.53. The Morgan fingerprint density at radius 3 is 3.06 bits per heavy atom. The molecule has 90 valence electrons. The minimum atomic E-state index is -0.718. The van der Waals surface area contributed by atoms with Crippen LogP contribution in [0, 0.1) is 11.6 Å². The van der Waals surface area contributed by atoms with Gasteiger partial charge in [-0.1, -0.05) is 0 Å². The van der Waals surface area contributed by atoms with Crippen molar-refractivity contribution in [3.8, 4) is 0 Å². The Bertz CT molecular complexity index is 495. The number of nitrogens with one attached hydrogen (secondary N) is 1. The van der Waals surface area contributed by atoms with Crippen LogP contribution in [0.15, 0.2) is 12.1 Å². The van der Waals surface area contributed by atoms with Crippen molar-refractivity contribution >= 4 is 29.0 Å². The standard InChI is InChI=1S/C11H10F2N2OS/c12-6-3-7(13)10-8(4-6)15-1-2-17-5-9(15)11(16)14-10/h3-4,9H,1-2,5H2,(H,14,16). The van der Waals surface area contributed by atoms with E-state index in [4.69, 9.17) is 0 Å². The number of benzene rings is 1. The molecule has 1 saturated heterocycles. The van der Waals surface area contributed by atoms with Crippen molar-refractivity contribution in [3.05, 3.63) is 23.8 Å². The third-order valence-corrected chi connectivity index (χ3v) is 4.05. The van der Waals surface area contributed by atoms with Crippen molar-refractivity contribution in [2.24, 2.45) is 0 Å². The third kappa shape index (κ3) is 1.67. The Labute approximate surface area is 101 Å². The van der Waals surface area contributed by atoms with Crippen LogP contribution in [0.1, 0.15) is 0 Å². The summed E-state index contributed by atoms with van der Waals surface area (Å²) in [5.74, 6) is -0.0280. The summed E-state index contributed by atoms with van der Waals surface area (Å²) in [5.41, 5.74) is 0.548. The number of anilines is 2. The van der Waals surface area contributed by atoms with Crippen molar-refractivity contribution in [2.75, 3.05) is 28.3 Å². The highest BCUT2D eigenvalue weighted by Crippen LogP contribution is 2.37. The maximum absolute atomic E-state index is 13.6. The van der Waals surface area contributed by atoms with Gasteiger partial charge in [0.2, 0.25) is 5.91 Å². The van der Waals surface area contributed by atoms with Crippen LogP contribution in [-0.4, -0.2) is 30.0 Å². The fourth-order valence-electron chi connectivity index (χ4n) is 2.23. The number of rotatable bonds is 0. The topological polar surface area (TPSA) is 32.3 Å². The van der Waals surface area contributed by atoms with E-state index in [2.05, 4.69) is 5.32 Å². The molecule has 1 N–H and O–H groups in total. The first-order chi connectivity index (χ1) is 8.16. The molecular formula is C11H10F2N2OS. The number of thioether (sulfide) groups is 1. The van der Waals surface area contributed by atoms with Gasteiger partial charge in [0, 0.05) is 24.1 Å². The maximum Gasteiger partial charge on any atom is 0.248 e. The van der Waals surface area contributed by atoms with Crippen LogP contribution < -0.4 is 10.2 Å². The second-order valence-electron chi connectivity index (χ2n) is 4.06. The van der Waals surface area contributed by atoms with E-state index >= 15 is 0 Å². The Balaban J connectivity index is 2.13. The van der Waals surface area contributed by atoms with Crippen molar-refractivity contribution in [1.29, 1.82) is 0 Å². The molecule has 1 unspecified atom stereocenters. The number of fused-ring (bicyclic) bond motifs is 3. The summed E-state index contributed by atoms with van der Waals surface area (Å²) in [5, 5.41) is 2.52. The van der Waals surface area contributed by atoms with Gasteiger partial charge in [0.1, 0.15) is 17.5 Å². The van der Waals surface area contributed by atoms with Gasteiger partial charge in [0.05, 0.1) is 5.69 Å². The van der Waals surface area contributed by atoms with Gasteiger partial charge in [-0.05, 0) is 6.07 Å². The van der Waals surface area contributed by atoms with Gasteiger partial charge in [0.15, 0.2) is 5.82 Å². The number of amides is 1. The van der Waals surface area contributed by atoms with Gasteiger partial charge in [-0.25, -0.2) is 8.78 Å². The number of carbonyl (C=O) groups excluding carboxylic acids is 1. The predicted octanol–water partition coefficient (Wildman–Crippen LogP) is 1.84. The monoisotopic (exact) mass is 256 g/mol. The van der Waals surface area contributed by atoms with E-state index in [1.165, 1.54) is 6.07 Å². The second-order valence-corrected chi connectivity index (χ2v) is 5.20. The first-order valence-electron chi connectivity index (χ1n) is 5.31. The summed E-state index contributed by atoms with van der Waals surface area (Å²) in [7, 11) is 0. The molecular weight excluding hydrogens is 246 g/mol. The summed E-state index contributed by atoms with van der Waals surface area (Å²) < 4.78 is 26.8. The van der Waals surface area contributed by atoms with Crippen LogP contribution in [0.2, 0.25) is 0 Å². The first kappa shape index (κ1) is 10.8.